The first-order valence-electron chi connectivity index (χ1n) is 10.4. The summed E-state index contributed by atoms with van der Waals surface area (Å²) in [6.07, 6.45) is 0. The number of nitrogens with zero attached hydrogens (tertiary/aromatic N) is 1. The van der Waals surface area contributed by atoms with Crippen LogP contribution >= 0.6 is 0 Å². The van der Waals surface area contributed by atoms with Crippen LogP contribution in [-0.2, 0) is 16.1 Å². The number of ether oxygens (including phenoxy) is 3. The number of hydrogen-bond acceptors (Lipinski definition) is 6. The van der Waals surface area contributed by atoms with Gasteiger partial charge in [0.15, 0.2) is 0 Å². The monoisotopic (exact) mass is 462 g/mol. The van der Waals surface area contributed by atoms with Crippen molar-refractivity contribution in [1.82, 2.24) is 4.90 Å². The molecule has 1 N–H and O–H groups in total. The molecule has 1 aliphatic rings. The van der Waals surface area contributed by atoms with Gasteiger partial charge in [-0.2, -0.15) is 0 Å². The van der Waals surface area contributed by atoms with Gasteiger partial charge >= 0.3 is 0 Å². The zero-order valence-electron chi connectivity index (χ0n) is 18.9. The van der Waals surface area contributed by atoms with E-state index in [0.717, 1.165) is 10.5 Å². The van der Waals surface area contributed by atoms with E-state index < -0.39 is 17.6 Å². The molecule has 174 valence electrons. The lowest BCUT2D eigenvalue weighted by Gasteiger charge is -2.16. The highest BCUT2D eigenvalue weighted by Gasteiger charge is 2.39. The molecule has 0 fully saturated rings. The van der Waals surface area contributed by atoms with Crippen LogP contribution in [0.15, 0.2) is 72.4 Å². The van der Waals surface area contributed by atoms with Gasteiger partial charge in [-0.15, -0.1) is 0 Å². The molecule has 2 amide bonds. The Labute approximate surface area is 196 Å². The van der Waals surface area contributed by atoms with Crippen molar-refractivity contribution in [2.75, 3.05) is 26.6 Å². The predicted molar refractivity (Wildman–Crippen MR) is 125 cm³/mol. The Balaban J connectivity index is 1.73. The second kappa shape index (κ2) is 9.66. The number of halogens is 1. The van der Waals surface area contributed by atoms with E-state index in [0.29, 0.717) is 28.5 Å². The van der Waals surface area contributed by atoms with Gasteiger partial charge in [-0.3, -0.25) is 14.5 Å². The van der Waals surface area contributed by atoms with Crippen molar-refractivity contribution in [3.63, 3.8) is 0 Å². The summed E-state index contributed by atoms with van der Waals surface area (Å²) in [6, 6.07) is 17.6. The predicted octanol–water partition coefficient (Wildman–Crippen LogP) is 4.24. The largest absolute Gasteiger partial charge is 0.497 e. The van der Waals surface area contributed by atoms with E-state index in [1.807, 2.05) is 0 Å². The summed E-state index contributed by atoms with van der Waals surface area (Å²) in [4.78, 5) is 28.0. The zero-order chi connectivity index (χ0) is 24.2. The molecule has 0 aliphatic carbocycles. The second-order valence-corrected chi connectivity index (χ2v) is 7.53. The first-order chi connectivity index (χ1) is 16.4. The van der Waals surface area contributed by atoms with E-state index in [1.165, 1.54) is 38.5 Å². The first kappa shape index (κ1) is 22.8. The normalized spacial score (nSPS) is 13.4. The van der Waals surface area contributed by atoms with Crippen LogP contribution in [0, 0.1) is 5.82 Å². The molecule has 0 saturated carbocycles. The van der Waals surface area contributed by atoms with Gasteiger partial charge in [0.1, 0.15) is 28.8 Å². The summed E-state index contributed by atoms with van der Waals surface area (Å²) in [5.74, 6) is 0.271. The van der Waals surface area contributed by atoms with Gasteiger partial charge < -0.3 is 19.5 Å². The summed E-state index contributed by atoms with van der Waals surface area (Å²) < 4.78 is 29.3. The van der Waals surface area contributed by atoms with Gasteiger partial charge in [-0.05, 0) is 35.4 Å². The van der Waals surface area contributed by atoms with Crippen LogP contribution in [0.4, 0.5) is 10.1 Å². The van der Waals surface area contributed by atoms with Crippen molar-refractivity contribution in [1.29, 1.82) is 0 Å². The Morgan fingerprint density at radius 1 is 0.765 bits per heavy atom. The molecule has 34 heavy (non-hydrogen) atoms. The SMILES string of the molecule is COc1ccc(CN2C(=O)C(Nc3cc(OC)cc(OC)c3)=C(c3ccc(F)cc3)C2=O)cc1. The van der Waals surface area contributed by atoms with Crippen LogP contribution in [0.5, 0.6) is 17.2 Å². The highest BCUT2D eigenvalue weighted by Crippen LogP contribution is 2.34. The quantitative estimate of drug-likeness (QED) is 0.505. The summed E-state index contributed by atoms with van der Waals surface area (Å²) in [5.41, 5.74) is 1.92. The van der Waals surface area contributed by atoms with Gasteiger partial charge in [0, 0.05) is 23.9 Å². The topological polar surface area (TPSA) is 77.1 Å². The fourth-order valence-corrected chi connectivity index (χ4v) is 3.66. The minimum Gasteiger partial charge on any atom is -0.497 e. The minimum atomic E-state index is -0.498. The summed E-state index contributed by atoms with van der Waals surface area (Å²) in [6.45, 7) is 0.0684. The van der Waals surface area contributed by atoms with Crippen molar-refractivity contribution < 1.29 is 28.2 Å². The standard InChI is InChI=1S/C26H23FN2O5/c1-32-20-10-4-16(5-11-20)15-29-25(30)23(17-6-8-18(27)9-7-17)24(26(29)31)28-19-12-21(33-2)14-22(13-19)34-3/h4-14,28H,15H2,1-3H3. The van der Waals surface area contributed by atoms with Gasteiger partial charge in [0.05, 0.1) is 33.4 Å². The Morgan fingerprint density at radius 2 is 1.35 bits per heavy atom. The number of amides is 2. The number of nitrogens with one attached hydrogen (secondary N) is 1. The maximum Gasteiger partial charge on any atom is 0.278 e. The molecule has 0 spiro atoms. The highest BCUT2D eigenvalue weighted by atomic mass is 19.1. The number of rotatable bonds is 8. The van der Waals surface area contributed by atoms with Crippen LogP contribution < -0.4 is 19.5 Å². The Bertz CT molecular complexity index is 1230. The minimum absolute atomic E-state index is 0.0684. The first-order valence-corrected chi connectivity index (χ1v) is 10.4. The molecule has 0 unspecified atom stereocenters. The number of hydrogen-bond donors (Lipinski definition) is 1. The molecule has 3 aromatic rings. The number of carbonyl (C=O) groups is 2. The third kappa shape index (κ3) is 4.56. The maximum absolute atomic E-state index is 13.6. The second-order valence-electron chi connectivity index (χ2n) is 7.53. The molecule has 0 aromatic heterocycles. The van der Waals surface area contributed by atoms with Crippen molar-refractivity contribution in [2.24, 2.45) is 0 Å². The van der Waals surface area contributed by atoms with Crippen molar-refractivity contribution in [2.45, 2.75) is 6.54 Å². The lowest BCUT2D eigenvalue weighted by molar-refractivity contribution is -0.137. The number of benzene rings is 3. The fraction of sp³-hybridized carbons (Fsp3) is 0.154. The molecule has 0 atom stereocenters. The van der Waals surface area contributed by atoms with Gasteiger partial charge in [0.25, 0.3) is 11.8 Å². The van der Waals surface area contributed by atoms with Crippen molar-refractivity contribution in [3.8, 4) is 17.2 Å². The number of imide groups is 1. The van der Waals surface area contributed by atoms with E-state index >= 15 is 0 Å². The Kier molecular flexibility index (Phi) is 6.49. The lowest BCUT2D eigenvalue weighted by atomic mass is 10.0. The molecule has 7 nitrogen and oxygen atoms in total. The fourth-order valence-electron chi connectivity index (χ4n) is 3.66. The third-order valence-electron chi connectivity index (χ3n) is 5.42. The molecular weight excluding hydrogens is 439 g/mol. The third-order valence-corrected chi connectivity index (χ3v) is 5.42. The van der Waals surface area contributed by atoms with Crippen molar-refractivity contribution >= 4 is 23.1 Å². The molecular formula is C26H23FN2O5. The zero-order valence-corrected chi connectivity index (χ0v) is 18.9. The van der Waals surface area contributed by atoms with Crippen LogP contribution in [0.1, 0.15) is 11.1 Å². The highest BCUT2D eigenvalue weighted by molar-refractivity contribution is 6.36. The molecule has 0 radical (unpaired) electrons. The number of methoxy groups -OCH3 is 3. The van der Waals surface area contributed by atoms with E-state index in [1.54, 1.807) is 49.6 Å². The lowest BCUT2D eigenvalue weighted by Crippen LogP contribution is -2.32. The Hall–Kier alpha value is -4.33. The van der Waals surface area contributed by atoms with E-state index in [4.69, 9.17) is 14.2 Å². The summed E-state index contributed by atoms with van der Waals surface area (Å²) >= 11 is 0. The van der Waals surface area contributed by atoms with Gasteiger partial charge in [0.2, 0.25) is 0 Å². The maximum atomic E-state index is 13.6. The Morgan fingerprint density at radius 3 is 1.91 bits per heavy atom. The summed E-state index contributed by atoms with van der Waals surface area (Å²) in [7, 11) is 4.60. The summed E-state index contributed by atoms with van der Waals surface area (Å²) in [5, 5.41) is 3.06. The van der Waals surface area contributed by atoms with Crippen molar-refractivity contribution in [3.05, 3.63) is 89.4 Å². The molecule has 0 saturated heterocycles. The van der Waals surface area contributed by atoms with E-state index in [9.17, 15) is 14.0 Å². The smallest absolute Gasteiger partial charge is 0.278 e. The van der Waals surface area contributed by atoms with Crippen LogP contribution in [-0.4, -0.2) is 38.0 Å². The average molecular weight is 462 g/mol. The molecule has 1 heterocycles. The molecule has 8 heteroatoms. The van der Waals surface area contributed by atoms with E-state index in [-0.39, 0.29) is 17.8 Å². The molecule has 3 aromatic carbocycles. The van der Waals surface area contributed by atoms with Crippen LogP contribution in [0.3, 0.4) is 0 Å². The van der Waals surface area contributed by atoms with E-state index in [2.05, 4.69) is 5.32 Å². The number of carbonyl (C=O) groups excluding carboxylic acids is 2. The molecule has 4 rings (SSSR count). The van der Waals surface area contributed by atoms with Crippen LogP contribution in [0.25, 0.3) is 5.57 Å². The van der Waals surface area contributed by atoms with Crippen LogP contribution in [0.2, 0.25) is 0 Å². The number of anilines is 1. The average Bonchev–Trinajstić information content (AvgIpc) is 3.08. The molecule has 1 aliphatic heterocycles. The van der Waals surface area contributed by atoms with Gasteiger partial charge in [-0.25, -0.2) is 4.39 Å². The molecule has 0 bridgehead atoms. The van der Waals surface area contributed by atoms with Gasteiger partial charge in [-0.1, -0.05) is 24.3 Å².